The number of carboxylic acid groups (broad SMARTS) is 1. The molecule has 2 N–H and O–H groups in total. The first-order valence-electron chi connectivity index (χ1n) is 9.08. The van der Waals surface area contributed by atoms with Gasteiger partial charge in [0.2, 0.25) is 5.60 Å². The first-order chi connectivity index (χ1) is 12.6. The number of carbonyl (C=O) groups excluding carboxylic acids is 1. The fourth-order valence-electron chi connectivity index (χ4n) is 3.45. The van der Waals surface area contributed by atoms with Gasteiger partial charge in [-0.2, -0.15) is 0 Å². The van der Waals surface area contributed by atoms with Crippen LogP contribution in [-0.2, 0) is 14.4 Å². The lowest BCUT2D eigenvalue weighted by atomic mass is 9.90. The van der Waals surface area contributed by atoms with E-state index in [0.29, 0.717) is 5.71 Å². The number of hydrogen-bond acceptors (Lipinski definition) is 4. The molecular formula is C20H24N2O4. The number of rotatable bonds is 6. The molecule has 1 aromatic rings. The van der Waals surface area contributed by atoms with Crippen molar-refractivity contribution in [3.05, 3.63) is 42.0 Å². The van der Waals surface area contributed by atoms with Crippen LogP contribution in [0, 0.1) is 0 Å². The molecule has 26 heavy (non-hydrogen) atoms. The second-order valence-electron chi connectivity index (χ2n) is 6.97. The lowest BCUT2D eigenvalue weighted by Gasteiger charge is -2.29. The number of aliphatic carboxylic acids is 1. The molecule has 3 rings (SSSR count). The third-order valence-electron chi connectivity index (χ3n) is 4.86. The van der Waals surface area contributed by atoms with Gasteiger partial charge in [0.1, 0.15) is 0 Å². The number of oxime groups is 1. The second kappa shape index (κ2) is 8.17. The molecule has 1 aromatic carbocycles. The molecule has 6 nitrogen and oxygen atoms in total. The van der Waals surface area contributed by atoms with Crippen LogP contribution in [0.25, 0.3) is 6.08 Å². The molecule has 0 spiro atoms. The molecule has 1 fully saturated rings. The number of nitrogens with one attached hydrogen (secondary N) is 1. The van der Waals surface area contributed by atoms with Gasteiger partial charge in [-0.15, -0.1) is 0 Å². The molecule has 1 aliphatic heterocycles. The van der Waals surface area contributed by atoms with Crippen molar-refractivity contribution in [1.29, 1.82) is 0 Å². The highest BCUT2D eigenvalue weighted by Crippen LogP contribution is 2.30. The largest absolute Gasteiger partial charge is 0.481 e. The minimum absolute atomic E-state index is 0.0921. The molecule has 1 heterocycles. The van der Waals surface area contributed by atoms with Gasteiger partial charge in [-0.25, -0.2) is 0 Å². The van der Waals surface area contributed by atoms with Gasteiger partial charge in [0.25, 0.3) is 5.91 Å². The van der Waals surface area contributed by atoms with E-state index in [2.05, 4.69) is 10.5 Å². The van der Waals surface area contributed by atoms with Gasteiger partial charge >= 0.3 is 5.97 Å². The van der Waals surface area contributed by atoms with E-state index in [1.165, 1.54) is 6.42 Å². The lowest BCUT2D eigenvalue weighted by Crippen LogP contribution is -2.51. The van der Waals surface area contributed by atoms with Crippen LogP contribution in [0.15, 0.2) is 41.6 Å². The van der Waals surface area contributed by atoms with Gasteiger partial charge < -0.3 is 15.3 Å². The van der Waals surface area contributed by atoms with E-state index in [4.69, 9.17) is 4.84 Å². The third-order valence-corrected chi connectivity index (χ3v) is 4.86. The van der Waals surface area contributed by atoms with Crippen LogP contribution >= 0.6 is 0 Å². The molecule has 0 radical (unpaired) electrons. The zero-order valence-electron chi connectivity index (χ0n) is 14.7. The predicted molar refractivity (Wildman–Crippen MR) is 98.6 cm³/mol. The average molecular weight is 356 g/mol. The molecule has 1 atom stereocenters. The summed E-state index contributed by atoms with van der Waals surface area (Å²) >= 11 is 0. The SMILES string of the molecule is O=C(O)CC1(C(=O)NC2CCCCC2)CC(C=Cc2ccccc2)=NO1. The highest BCUT2D eigenvalue weighted by molar-refractivity contribution is 6.04. The topological polar surface area (TPSA) is 88.0 Å². The zero-order chi connectivity index (χ0) is 18.4. The maximum atomic E-state index is 12.8. The van der Waals surface area contributed by atoms with E-state index in [-0.39, 0.29) is 18.4 Å². The van der Waals surface area contributed by atoms with Crippen LogP contribution in [-0.4, -0.2) is 34.3 Å². The van der Waals surface area contributed by atoms with Crippen LogP contribution < -0.4 is 5.32 Å². The van der Waals surface area contributed by atoms with E-state index in [1.807, 2.05) is 36.4 Å². The van der Waals surface area contributed by atoms with Crippen LogP contribution in [0.5, 0.6) is 0 Å². The van der Waals surface area contributed by atoms with Crippen molar-refractivity contribution >= 4 is 23.7 Å². The van der Waals surface area contributed by atoms with E-state index in [9.17, 15) is 14.7 Å². The quantitative estimate of drug-likeness (QED) is 0.820. The minimum atomic E-state index is -1.46. The zero-order valence-corrected chi connectivity index (χ0v) is 14.7. The van der Waals surface area contributed by atoms with Gasteiger partial charge in [0.05, 0.1) is 12.1 Å². The Hall–Kier alpha value is -2.63. The summed E-state index contributed by atoms with van der Waals surface area (Å²) in [6, 6.07) is 9.79. The van der Waals surface area contributed by atoms with E-state index in [1.54, 1.807) is 6.08 Å². The van der Waals surface area contributed by atoms with Crippen molar-refractivity contribution in [2.24, 2.45) is 5.16 Å². The molecule has 0 aromatic heterocycles. The Morgan fingerprint density at radius 1 is 1.19 bits per heavy atom. The van der Waals surface area contributed by atoms with Crippen molar-refractivity contribution in [3.8, 4) is 0 Å². The molecule has 1 aliphatic carbocycles. The molecule has 0 saturated heterocycles. The average Bonchev–Trinajstić information content (AvgIpc) is 3.05. The fraction of sp³-hybridized carbons (Fsp3) is 0.450. The van der Waals surface area contributed by atoms with Gasteiger partial charge in [0.15, 0.2) is 0 Å². The first kappa shape index (κ1) is 18.2. The molecule has 2 aliphatic rings. The summed E-state index contributed by atoms with van der Waals surface area (Å²) < 4.78 is 0. The summed E-state index contributed by atoms with van der Waals surface area (Å²) in [4.78, 5) is 29.5. The van der Waals surface area contributed by atoms with Gasteiger partial charge in [-0.05, 0) is 24.5 Å². The van der Waals surface area contributed by atoms with Crippen LogP contribution in [0.3, 0.4) is 0 Å². The van der Waals surface area contributed by atoms with Crippen molar-refractivity contribution in [1.82, 2.24) is 5.32 Å². The summed E-state index contributed by atoms with van der Waals surface area (Å²) in [5.74, 6) is -1.45. The Balaban J connectivity index is 1.68. The van der Waals surface area contributed by atoms with Gasteiger partial charge in [0, 0.05) is 12.5 Å². The number of hydrogen-bond donors (Lipinski definition) is 2. The number of carbonyl (C=O) groups is 2. The molecule has 6 heteroatoms. The maximum Gasteiger partial charge on any atom is 0.308 e. The number of nitrogens with zero attached hydrogens (tertiary/aromatic N) is 1. The standard InChI is InChI=1S/C20H24N2O4/c23-18(24)14-20(19(25)21-16-9-5-2-6-10-16)13-17(22-26-20)12-11-15-7-3-1-4-8-15/h1,3-4,7-8,11-12,16H,2,5-6,9-10,13-14H2,(H,21,25)(H,23,24). The summed E-state index contributed by atoms with van der Waals surface area (Å²) in [7, 11) is 0. The second-order valence-corrected chi connectivity index (χ2v) is 6.97. The number of carboxylic acids is 1. The van der Waals surface area contributed by atoms with Crippen molar-refractivity contribution in [3.63, 3.8) is 0 Å². The molecular weight excluding hydrogens is 332 g/mol. The van der Waals surface area contributed by atoms with Crippen molar-refractivity contribution in [2.45, 2.75) is 56.6 Å². The summed E-state index contributed by atoms with van der Waals surface area (Å²) in [6.45, 7) is 0. The van der Waals surface area contributed by atoms with E-state index >= 15 is 0 Å². The maximum absolute atomic E-state index is 12.8. The van der Waals surface area contributed by atoms with Crippen molar-refractivity contribution in [2.75, 3.05) is 0 Å². The van der Waals surface area contributed by atoms with Crippen LogP contribution in [0.4, 0.5) is 0 Å². The normalized spacial score (nSPS) is 23.5. The Kier molecular flexibility index (Phi) is 5.71. The number of benzene rings is 1. The van der Waals surface area contributed by atoms with Gasteiger partial charge in [-0.3, -0.25) is 9.59 Å². The minimum Gasteiger partial charge on any atom is -0.481 e. The van der Waals surface area contributed by atoms with Crippen LogP contribution in [0.1, 0.15) is 50.5 Å². The Bertz CT molecular complexity index is 708. The monoisotopic (exact) mass is 356 g/mol. The molecule has 1 unspecified atom stereocenters. The first-order valence-corrected chi connectivity index (χ1v) is 9.08. The van der Waals surface area contributed by atoms with Crippen molar-refractivity contribution < 1.29 is 19.5 Å². The third kappa shape index (κ3) is 4.50. The number of amides is 1. The summed E-state index contributed by atoms with van der Waals surface area (Å²) in [5.41, 5.74) is 0.103. The Morgan fingerprint density at radius 3 is 2.62 bits per heavy atom. The predicted octanol–water partition coefficient (Wildman–Crippen LogP) is 3.14. The summed E-state index contributed by atoms with van der Waals surface area (Å²) in [6.07, 6.45) is 8.59. The van der Waals surface area contributed by atoms with E-state index in [0.717, 1.165) is 31.2 Å². The summed E-state index contributed by atoms with van der Waals surface area (Å²) in [5, 5.41) is 16.2. The van der Waals surface area contributed by atoms with Gasteiger partial charge in [-0.1, -0.05) is 60.8 Å². The molecule has 1 amide bonds. The highest BCUT2D eigenvalue weighted by Gasteiger charge is 2.48. The smallest absolute Gasteiger partial charge is 0.308 e. The van der Waals surface area contributed by atoms with Crippen LogP contribution in [0.2, 0.25) is 0 Å². The Morgan fingerprint density at radius 2 is 1.92 bits per heavy atom. The fourth-order valence-corrected chi connectivity index (χ4v) is 3.45. The number of allylic oxidation sites excluding steroid dienone is 1. The molecule has 0 bridgehead atoms. The molecule has 1 saturated carbocycles. The van der Waals surface area contributed by atoms with E-state index < -0.39 is 18.0 Å². The lowest BCUT2D eigenvalue weighted by molar-refractivity contribution is -0.156. The molecule has 138 valence electrons. The Labute approximate surface area is 152 Å². The highest BCUT2D eigenvalue weighted by atomic mass is 16.7.